The van der Waals surface area contributed by atoms with E-state index >= 15 is 0 Å². The molecule has 3 rings (SSSR count). The average Bonchev–Trinajstić information content (AvgIpc) is 3.00. The summed E-state index contributed by atoms with van der Waals surface area (Å²) < 4.78 is 0.745. The number of carbonyl (C=O) groups excluding carboxylic acids is 3. The number of aromatic nitrogens is 2. The summed E-state index contributed by atoms with van der Waals surface area (Å²) in [4.78, 5) is 37.7. The summed E-state index contributed by atoms with van der Waals surface area (Å²) in [6.45, 7) is 7.12. The van der Waals surface area contributed by atoms with E-state index in [-0.39, 0.29) is 41.2 Å². The van der Waals surface area contributed by atoms with Gasteiger partial charge in [0, 0.05) is 16.9 Å². The van der Waals surface area contributed by atoms with Gasteiger partial charge in [-0.2, -0.15) is 0 Å². The second-order valence-corrected chi connectivity index (χ2v) is 10.7. The number of carboxylic acids is 1. The molecule has 1 saturated heterocycles. The Morgan fingerprint density at radius 1 is 1.36 bits per heavy atom. The van der Waals surface area contributed by atoms with Gasteiger partial charge in [0.25, 0.3) is 5.91 Å². The Kier molecular flexibility index (Phi) is 7.65. The predicted octanol–water partition coefficient (Wildman–Crippen LogP) is -2.61. The summed E-state index contributed by atoms with van der Waals surface area (Å²) in [5, 5.41) is 22.8. The van der Waals surface area contributed by atoms with E-state index < -0.39 is 28.7 Å². The Bertz CT molecular complexity index is 836. The zero-order valence-corrected chi connectivity index (χ0v) is 20.7. The van der Waals surface area contributed by atoms with Gasteiger partial charge in [-0.25, -0.2) is 0 Å². The third kappa shape index (κ3) is 4.76. The maximum Gasteiger partial charge on any atom is 1.00 e. The zero-order chi connectivity index (χ0) is 19.9. The Morgan fingerprint density at radius 2 is 2.04 bits per heavy atom. The molecule has 8 nitrogen and oxygen atoms in total. The van der Waals surface area contributed by atoms with E-state index in [2.05, 4.69) is 15.5 Å². The smallest absolute Gasteiger partial charge is 0.543 e. The topological polar surface area (TPSA) is 115 Å². The Morgan fingerprint density at radius 3 is 2.57 bits per heavy atom. The SMILES string of the molecule is Cc1nnc(SCC2=C(C(=O)[O-])N3C(=O)[C@H](NC(=O)C(C)(C)C)[C@H]3SC2)s1.[Na+]. The summed E-state index contributed by atoms with van der Waals surface area (Å²) in [5.74, 6) is -1.20. The minimum atomic E-state index is -1.38. The Labute approximate surface area is 197 Å². The van der Waals surface area contributed by atoms with Gasteiger partial charge in [0.1, 0.15) is 16.4 Å². The third-order valence-electron chi connectivity index (χ3n) is 4.09. The summed E-state index contributed by atoms with van der Waals surface area (Å²) in [6, 6.07) is -0.712. The van der Waals surface area contributed by atoms with Crippen molar-refractivity contribution in [2.75, 3.05) is 11.5 Å². The molecule has 146 valence electrons. The molecule has 0 spiro atoms. The molecule has 2 aliphatic rings. The van der Waals surface area contributed by atoms with Crippen molar-refractivity contribution >= 4 is 52.6 Å². The van der Waals surface area contributed by atoms with Crippen LogP contribution >= 0.6 is 34.9 Å². The van der Waals surface area contributed by atoms with Gasteiger partial charge in [-0.1, -0.05) is 43.9 Å². The largest absolute Gasteiger partial charge is 1.00 e. The molecular weight excluding hydrogens is 431 g/mol. The number of fused-ring (bicyclic) bond motifs is 1. The van der Waals surface area contributed by atoms with Crippen molar-refractivity contribution in [2.24, 2.45) is 5.41 Å². The number of carboxylic acid groups (broad SMARTS) is 1. The van der Waals surface area contributed by atoms with Crippen LogP contribution in [-0.4, -0.2) is 55.8 Å². The van der Waals surface area contributed by atoms with Crippen LogP contribution in [0.3, 0.4) is 0 Å². The van der Waals surface area contributed by atoms with Crippen LogP contribution in [0.1, 0.15) is 25.8 Å². The van der Waals surface area contributed by atoms with Gasteiger partial charge < -0.3 is 15.2 Å². The first kappa shape index (κ1) is 23.7. The third-order valence-corrected chi connectivity index (χ3v) is 7.48. The van der Waals surface area contributed by atoms with Crippen molar-refractivity contribution in [2.45, 2.75) is 43.5 Å². The van der Waals surface area contributed by atoms with Crippen LogP contribution < -0.4 is 40.0 Å². The first-order chi connectivity index (χ1) is 12.6. The van der Waals surface area contributed by atoms with Crippen LogP contribution in [0.2, 0.25) is 0 Å². The number of rotatable bonds is 5. The van der Waals surface area contributed by atoms with Gasteiger partial charge in [0.05, 0.1) is 11.7 Å². The zero-order valence-electron chi connectivity index (χ0n) is 16.3. The fourth-order valence-electron chi connectivity index (χ4n) is 2.63. The fraction of sp³-hybridized carbons (Fsp3) is 0.562. The number of nitrogens with zero attached hydrogens (tertiary/aromatic N) is 3. The van der Waals surface area contributed by atoms with Crippen LogP contribution in [0.25, 0.3) is 0 Å². The van der Waals surface area contributed by atoms with Crippen LogP contribution in [0.15, 0.2) is 15.6 Å². The van der Waals surface area contributed by atoms with Gasteiger partial charge in [0.2, 0.25) is 5.91 Å². The summed E-state index contributed by atoms with van der Waals surface area (Å²) in [7, 11) is 0. The second kappa shape index (κ2) is 9.05. The fourth-order valence-corrected chi connectivity index (χ4v) is 5.93. The number of thioether (sulfide) groups is 2. The molecular formula is C16H19N4NaO4S3. The normalized spacial score (nSPS) is 21.6. The maximum atomic E-state index is 12.5. The van der Waals surface area contributed by atoms with Crippen molar-refractivity contribution in [3.05, 3.63) is 16.3 Å². The molecule has 2 aliphatic heterocycles. The molecule has 1 aromatic rings. The number of carbonyl (C=O) groups is 3. The van der Waals surface area contributed by atoms with Crippen molar-refractivity contribution < 1.29 is 49.0 Å². The van der Waals surface area contributed by atoms with Gasteiger partial charge in [0.15, 0.2) is 4.34 Å². The molecule has 12 heteroatoms. The van der Waals surface area contributed by atoms with Crippen molar-refractivity contribution in [1.82, 2.24) is 20.4 Å². The van der Waals surface area contributed by atoms with Crippen LogP contribution in [-0.2, 0) is 14.4 Å². The molecule has 0 saturated carbocycles. The number of aliphatic carboxylic acids is 1. The first-order valence-corrected chi connectivity index (χ1v) is 11.1. The molecule has 0 bridgehead atoms. The van der Waals surface area contributed by atoms with Crippen LogP contribution in [0, 0.1) is 12.3 Å². The monoisotopic (exact) mass is 450 g/mol. The van der Waals surface area contributed by atoms with Crippen LogP contribution in [0.5, 0.6) is 0 Å². The molecule has 28 heavy (non-hydrogen) atoms. The maximum absolute atomic E-state index is 12.5. The molecule has 3 heterocycles. The molecule has 2 amide bonds. The Balaban J connectivity index is 0.00000280. The predicted molar refractivity (Wildman–Crippen MR) is 102 cm³/mol. The van der Waals surface area contributed by atoms with Gasteiger partial charge in [-0.05, 0) is 12.5 Å². The molecule has 0 unspecified atom stereocenters. The summed E-state index contributed by atoms with van der Waals surface area (Å²) in [6.07, 6.45) is 0. The number of amides is 2. The Hall–Kier alpha value is -0.590. The van der Waals surface area contributed by atoms with E-state index in [4.69, 9.17) is 0 Å². The van der Waals surface area contributed by atoms with Crippen molar-refractivity contribution in [3.8, 4) is 0 Å². The van der Waals surface area contributed by atoms with E-state index in [0.717, 1.165) is 9.35 Å². The number of aryl methyl sites for hydroxylation is 1. The second-order valence-electron chi connectivity index (χ2n) is 7.23. The molecule has 0 aliphatic carbocycles. The van der Waals surface area contributed by atoms with Gasteiger partial charge in [-0.15, -0.1) is 22.0 Å². The molecule has 1 fully saturated rings. The number of β-lactam (4-membered cyclic amide) rings is 1. The van der Waals surface area contributed by atoms with E-state index in [0.29, 0.717) is 17.1 Å². The van der Waals surface area contributed by atoms with E-state index in [1.807, 2.05) is 6.92 Å². The molecule has 0 radical (unpaired) electrons. The molecule has 1 N–H and O–H groups in total. The van der Waals surface area contributed by atoms with E-state index in [1.165, 1.54) is 39.8 Å². The van der Waals surface area contributed by atoms with Crippen molar-refractivity contribution in [1.29, 1.82) is 0 Å². The molecule has 0 aromatic carbocycles. The average molecular weight is 451 g/mol. The van der Waals surface area contributed by atoms with Gasteiger partial charge in [-0.3, -0.25) is 14.5 Å². The van der Waals surface area contributed by atoms with Gasteiger partial charge >= 0.3 is 29.6 Å². The van der Waals surface area contributed by atoms with E-state index in [1.54, 1.807) is 20.8 Å². The molecule has 1 aromatic heterocycles. The molecule has 2 atom stereocenters. The van der Waals surface area contributed by atoms with Crippen LogP contribution in [0.4, 0.5) is 0 Å². The summed E-state index contributed by atoms with van der Waals surface area (Å²) >= 11 is 4.26. The van der Waals surface area contributed by atoms with Crippen molar-refractivity contribution in [3.63, 3.8) is 0 Å². The first-order valence-electron chi connectivity index (χ1n) is 8.21. The number of hydrogen-bond acceptors (Lipinski definition) is 9. The number of nitrogens with one attached hydrogen (secondary N) is 1. The minimum absolute atomic E-state index is 0. The standard InChI is InChI=1S/C16H20N4O4S3.Na/c1-7-18-19-15(27-7)26-6-8-5-25-12-9(17-14(24)16(2,3)4)11(21)20(12)10(8)13(22)23;/h9,12H,5-6H2,1-4H3,(H,17,24)(H,22,23);/q;+1/p-1/t9-,12+;/m0./s1. The summed E-state index contributed by atoms with van der Waals surface area (Å²) in [5.41, 5.74) is -0.101. The quantitative estimate of drug-likeness (QED) is 0.295. The minimum Gasteiger partial charge on any atom is -0.543 e. The number of hydrogen-bond donors (Lipinski definition) is 1. The van der Waals surface area contributed by atoms with E-state index in [9.17, 15) is 19.5 Å².